The van der Waals surface area contributed by atoms with Gasteiger partial charge in [-0.3, -0.25) is 9.59 Å². The fraction of sp³-hybridized carbons (Fsp3) is 0.467. The zero-order valence-corrected chi connectivity index (χ0v) is 11.6. The second-order valence-electron chi connectivity index (χ2n) is 5.04. The third-order valence-electron chi connectivity index (χ3n) is 2.97. The van der Waals surface area contributed by atoms with Gasteiger partial charge in [-0.15, -0.1) is 0 Å². The van der Waals surface area contributed by atoms with E-state index < -0.39 is 5.97 Å². The fourth-order valence-electron chi connectivity index (χ4n) is 2.03. The average Bonchev–Trinajstić information content (AvgIpc) is 2.37. The highest BCUT2D eigenvalue weighted by Gasteiger charge is 2.16. The molecule has 0 saturated heterocycles. The summed E-state index contributed by atoms with van der Waals surface area (Å²) in [6.07, 6.45) is 0.671. The number of rotatable bonds is 8. The highest BCUT2D eigenvalue weighted by atomic mass is 16.4. The van der Waals surface area contributed by atoms with Crippen LogP contribution in [-0.4, -0.2) is 34.7 Å². The Morgan fingerprint density at radius 3 is 2.40 bits per heavy atom. The van der Waals surface area contributed by atoms with Crippen molar-refractivity contribution in [2.24, 2.45) is 5.92 Å². The number of aliphatic carboxylic acids is 1. The summed E-state index contributed by atoms with van der Waals surface area (Å²) in [5, 5.41) is 20.7. The van der Waals surface area contributed by atoms with Gasteiger partial charge in [0.25, 0.3) is 0 Å². The first-order valence-corrected chi connectivity index (χ1v) is 6.67. The number of hydrogen-bond acceptors (Lipinski definition) is 3. The predicted molar refractivity (Wildman–Crippen MR) is 75.2 cm³/mol. The van der Waals surface area contributed by atoms with Gasteiger partial charge < -0.3 is 15.5 Å². The summed E-state index contributed by atoms with van der Waals surface area (Å²) in [5.74, 6) is -1.36. The monoisotopic (exact) mass is 279 g/mol. The van der Waals surface area contributed by atoms with Gasteiger partial charge in [-0.05, 0) is 17.9 Å². The van der Waals surface area contributed by atoms with Gasteiger partial charge >= 0.3 is 5.97 Å². The lowest BCUT2D eigenvalue weighted by Crippen LogP contribution is -2.39. The summed E-state index contributed by atoms with van der Waals surface area (Å²) in [7, 11) is 0. The van der Waals surface area contributed by atoms with Crippen LogP contribution >= 0.6 is 0 Å². The van der Waals surface area contributed by atoms with Crippen molar-refractivity contribution >= 4 is 11.9 Å². The van der Waals surface area contributed by atoms with Crippen molar-refractivity contribution in [2.75, 3.05) is 6.61 Å². The van der Waals surface area contributed by atoms with Crippen LogP contribution in [0.5, 0.6) is 0 Å². The Morgan fingerprint density at radius 1 is 1.20 bits per heavy atom. The van der Waals surface area contributed by atoms with E-state index in [4.69, 9.17) is 5.11 Å². The average molecular weight is 279 g/mol. The van der Waals surface area contributed by atoms with Crippen molar-refractivity contribution in [3.05, 3.63) is 35.9 Å². The summed E-state index contributed by atoms with van der Waals surface area (Å²) in [6, 6.07) is 9.23. The maximum absolute atomic E-state index is 11.8. The molecule has 0 spiro atoms. The number of nitrogens with one attached hydrogen (secondary N) is 1. The summed E-state index contributed by atoms with van der Waals surface area (Å²) >= 11 is 0. The minimum atomic E-state index is -0.909. The molecule has 5 nitrogen and oxygen atoms in total. The van der Waals surface area contributed by atoms with E-state index in [0.717, 1.165) is 5.56 Å². The van der Waals surface area contributed by atoms with Crippen molar-refractivity contribution in [1.29, 1.82) is 0 Å². The van der Waals surface area contributed by atoms with Crippen molar-refractivity contribution in [2.45, 2.75) is 32.2 Å². The van der Waals surface area contributed by atoms with Crippen molar-refractivity contribution in [1.82, 2.24) is 5.32 Å². The van der Waals surface area contributed by atoms with Gasteiger partial charge in [0.15, 0.2) is 0 Å². The molecule has 3 N–H and O–H groups in total. The van der Waals surface area contributed by atoms with Crippen LogP contribution in [0.15, 0.2) is 30.3 Å². The lowest BCUT2D eigenvalue weighted by atomic mass is 10.0. The molecule has 20 heavy (non-hydrogen) atoms. The summed E-state index contributed by atoms with van der Waals surface area (Å²) in [5.41, 5.74) is 1.03. The molecule has 110 valence electrons. The van der Waals surface area contributed by atoms with Crippen molar-refractivity contribution < 1.29 is 19.8 Å². The third kappa shape index (κ3) is 6.33. The minimum Gasteiger partial charge on any atom is -0.481 e. The Labute approximate surface area is 118 Å². The normalized spacial score (nSPS) is 13.5. The van der Waals surface area contributed by atoms with Crippen LogP contribution < -0.4 is 5.32 Å². The van der Waals surface area contributed by atoms with Crippen LogP contribution in [0.1, 0.15) is 25.3 Å². The number of benzene rings is 1. The van der Waals surface area contributed by atoms with Crippen molar-refractivity contribution in [3.63, 3.8) is 0 Å². The van der Waals surface area contributed by atoms with Crippen LogP contribution in [0.25, 0.3) is 0 Å². The molecule has 1 amide bonds. The molecule has 1 aromatic carbocycles. The molecule has 0 fully saturated rings. The van der Waals surface area contributed by atoms with E-state index in [0.29, 0.717) is 6.42 Å². The number of carboxylic acids is 1. The van der Waals surface area contributed by atoms with E-state index in [1.165, 1.54) is 0 Å². The Balaban J connectivity index is 2.43. The molecule has 5 heteroatoms. The standard InChI is InChI=1S/C15H21NO4/c1-11(8-15(19)20)7-14(18)16-13(10-17)9-12-5-3-2-4-6-12/h2-6,11,13,17H,7-10H2,1H3,(H,16,18)(H,19,20). The Morgan fingerprint density at radius 2 is 1.85 bits per heavy atom. The molecule has 0 aliphatic rings. The maximum atomic E-state index is 11.8. The van der Waals surface area contributed by atoms with Gasteiger partial charge in [-0.1, -0.05) is 37.3 Å². The van der Waals surface area contributed by atoms with Gasteiger partial charge in [0.05, 0.1) is 12.6 Å². The van der Waals surface area contributed by atoms with E-state index in [2.05, 4.69) is 5.32 Å². The predicted octanol–water partition coefficient (Wildman–Crippen LogP) is 1.21. The molecule has 1 rings (SSSR count). The first-order chi connectivity index (χ1) is 9.51. The maximum Gasteiger partial charge on any atom is 0.303 e. The molecule has 0 aromatic heterocycles. The van der Waals surface area contributed by atoms with E-state index in [-0.39, 0.29) is 37.3 Å². The molecule has 0 radical (unpaired) electrons. The van der Waals surface area contributed by atoms with E-state index in [9.17, 15) is 14.7 Å². The molecule has 0 aliphatic heterocycles. The smallest absolute Gasteiger partial charge is 0.303 e. The number of carbonyl (C=O) groups is 2. The molecule has 0 aliphatic carbocycles. The van der Waals surface area contributed by atoms with Crippen molar-refractivity contribution in [3.8, 4) is 0 Å². The number of carbonyl (C=O) groups excluding carboxylic acids is 1. The van der Waals surface area contributed by atoms with Crippen LogP contribution in [-0.2, 0) is 16.0 Å². The Hall–Kier alpha value is -1.88. The highest BCUT2D eigenvalue weighted by Crippen LogP contribution is 2.08. The molecule has 2 unspecified atom stereocenters. The highest BCUT2D eigenvalue weighted by molar-refractivity contribution is 5.77. The topological polar surface area (TPSA) is 86.6 Å². The summed E-state index contributed by atoms with van der Waals surface area (Å²) in [6.45, 7) is 1.58. The largest absolute Gasteiger partial charge is 0.481 e. The first-order valence-electron chi connectivity index (χ1n) is 6.67. The SMILES string of the molecule is CC(CC(=O)O)CC(=O)NC(CO)Cc1ccccc1. The quantitative estimate of drug-likeness (QED) is 0.667. The number of aliphatic hydroxyl groups is 1. The van der Waals surface area contributed by atoms with Crippen LogP contribution in [0.4, 0.5) is 0 Å². The second kappa shape index (κ2) is 8.32. The van der Waals surface area contributed by atoms with Gasteiger partial charge in [0, 0.05) is 12.8 Å². The van der Waals surface area contributed by atoms with Gasteiger partial charge in [0.1, 0.15) is 0 Å². The van der Waals surface area contributed by atoms with E-state index in [1.807, 2.05) is 30.3 Å². The molecular weight excluding hydrogens is 258 g/mol. The zero-order chi connectivity index (χ0) is 15.0. The molecule has 2 atom stereocenters. The molecule has 0 bridgehead atoms. The summed E-state index contributed by atoms with van der Waals surface area (Å²) in [4.78, 5) is 22.3. The van der Waals surface area contributed by atoms with Gasteiger partial charge in [0.2, 0.25) is 5.91 Å². The van der Waals surface area contributed by atoms with Crippen LogP contribution in [0.2, 0.25) is 0 Å². The minimum absolute atomic E-state index is 0.0318. The number of carboxylic acid groups (broad SMARTS) is 1. The lowest BCUT2D eigenvalue weighted by Gasteiger charge is -2.17. The zero-order valence-electron chi connectivity index (χ0n) is 11.6. The first kappa shape index (κ1) is 16.2. The Kier molecular flexibility index (Phi) is 6.73. The molecular formula is C15H21NO4. The lowest BCUT2D eigenvalue weighted by molar-refractivity contribution is -0.138. The fourth-order valence-corrected chi connectivity index (χ4v) is 2.03. The van der Waals surface area contributed by atoms with Crippen LogP contribution in [0, 0.1) is 5.92 Å². The van der Waals surface area contributed by atoms with E-state index in [1.54, 1.807) is 6.92 Å². The molecule has 0 saturated carbocycles. The number of hydrogen-bond donors (Lipinski definition) is 3. The number of amides is 1. The second-order valence-corrected chi connectivity index (χ2v) is 5.04. The number of aliphatic hydroxyl groups excluding tert-OH is 1. The molecule has 0 heterocycles. The van der Waals surface area contributed by atoms with E-state index >= 15 is 0 Å². The third-order valence-corrected chi connectivity index (χ3v) is 2.97. The summed E-state index contributed by atoms with van der Waals surface area (Å²) < 4.78 is 0. The van der Waals surface area contributed by atoms with Gasteiger partial charge in [-0.25, -0.2) is 0 Å². The van der Waals surface area contributed by atoms with Gasteiger partial charge in [-0.2, -0.15) is 0 Å². The van der Waals surface area contributed by atoms with Crippen LogP contribution in [0.3, 0.4) is 0 Å². The molecule has 1 aromatic rings. The Bertz CT molecular complexity index is 433.